The Morgan fingerprint density at radius 3 is 2.93 bits per heavy atom. The van der Waals surface area contributed by atoms with E-state index in [4.69, 9.17) is 0 Å². The fourth-order valence-corrected chi connectivity index (χ4v) is 1.88. The first-order valence-electron chi connectivity index (χ1n) is 4.31. The van der Waals surface area contributed by atoms with Gasteiger partial charge in [0.1, 0.15) is 11.8 Å². The third kappa shape index (κ3) is 2.80. The van der Waals surface area contributed by atoms with Crippen molar-refractivity contribution in [2.45, 2.75) is 12.5 Å². The van der Waals surface area contributed by atoms with E-state index in [1.165, 1.54) is 11.5 Å². The molecule has 2 aromatic rings. The molecule has 1 unspecified atom stereocenters. The third-order valence-corrected chi connectivity index (χ3v) is 2.90. The predicted octanol–water partition coefficient (Wildman–Crippen LogP) is 1.97. The molecular formula is C9H8BrN3OS. The number of halogens is 1. The molecule has 0 radical (unpaired) electrons. The van der Waals surface area contributed by atoms with Gasteiger partial charge < -0.3 is 5.11 Å². The van der Waals surface area contributed by atoms with Crippen LogP contribution in [0.1, 0.15) is 17.5 Å². The zero-order valence-electron chi connectivity index (χ0n) is 7.67. The van der Waals surface area contributed by atoms with E-state index in [1.807, 2.05) is 12.1 Å². The van der Waals surface area contributed by atoms with Crippen molar-refractivity contribution in [2.75, 3.05) is 0 Å². The van der Waals surface area contributed by atoms with Crippen LogP contribution in [0.15, 0.2) is 28.2 Å². The first-order chi connectivity index (χ1) is 7.25. The van der Waals surface area contributed by atoms with Crippen LogP contribution in [-0.4, -0.2) is 19.7 Å². The van der Waals surface area contributed by atoms with Gasteiger partial charge in [-0.3, -0.25) is 4.98 Å². The maximum absolute atomic E-state index is 9.78. The lowest BCUT2D eigenvalue weighted by atomic mass is 10.1. The fraction of sp³-hybridized carbons (Fsp3) is 0.222. The average Bonchev–Trinajstić information content (AvgIpc) is 2.74. The molecule has 0 spiro atoms. The minimum absolute atomic E-state index is 0.457. The molecule has 0 aliphatic heterocycles. The molecule has 0 fully saturated rings. The molecule has 2 heterocycles. The predicted molar refractivity (Wildman–Crippen MR) is 60.5 cm³/mol. The van der Waals surface area contributed by atoms with Gasteiger partial charge in [-0.25, -0.2) is 0 Å². The van der Waals surface area contributed by atoms with Crippen LogP contribution in [0, 0.1) is 0 Å². The molecule has 6 heteroatoms. The largest absolute Gasteiger partial charge is 0.386 e. The number of nitrogens with zero attached hydrogens (tertiary/aromatic N) is 3. The number of hydrogen-bond acceptors (Lipinski definition) is 5. The first kappa shape index (κ1) is 10.7. The number of aliphatic hydroxyl groups is 1. The van der Waals surface area contributed by atoms with Crippen LogP contribution in [0.25, 0.3) is 0 Å². The quantitative estimate of drug-likeness (QED) is 0.937. The zero-order chi connectivity index (χ0) is 10.7. The Labute approximate surface area is 99.3 Å². The van der Waals surface area contributed by atoms with Crippen molar-refractivity contribution < 1.29 is 5.11 Å². The molecular weight excluding hydrogens is 278 g/mol. The van der Waals surface area contributed by atoms with E-state index in [1.54, 1.807) is 11.6 Å². The maximum Gasteiger partial charge on any atom is 0.104 e. The molecule has 4 nitrogen and oxygen atoms in total. The van der Waals surface area contributed by atoms with E-state index in [-0.39, 0.29) is 0 Å². The molecule has 0 saturated carbocycles. The van der Waals surface area contributed by atoms with Crippen LogP contribution in [0.3, 0.4) is 0 Å². The van der Waals surface area contributed by atoms with Crippen molar-refractivity contribution in [3.63, 3.8) is 0 Å². The normalized spacial score (nSPS) is 12.7. The maximum atomic E-state index is 9.78. The summed E-state index contributed by atoms with van der Waals surface area (Å²) in [4.78, 5) is 4.18. The highest BCUT2D eigenvalue weighted by Gasteiger charge is 2.11. The Balaban J connectivity index is 2.06. The summed E-state index contributed by atoms with van der Waals surface area (Å²) in [5, 5.41) is 15.3. The lowest BCUT2D eigenvalue weighted by Gasteiger charge is -2.05. The van der Waals surface area contributed by atoms with Crippen molar-refractivity contribution in [3.05, 3.63) is 39.6 Å². The lowest BCUT2D eigenvalue weighted by Crippen LogP contribution is -2.03. The SMILES string of the molecule is OC(Cc1ccc(Br)cn1)c1csnn1. The number of aromatic nitrogens is 3. The Hall–Kier alpha value is -0.850. The fourth-order valence-electron chi connectivity index (χ4n) is 1.15. The van der Waals surface area contributed by atoms with Crippen molar-refractivity contribution in [1.29, 1.82) is 0 Å². The standard InChI is InChI=1S/C9H8BrN3OS/c10-6-1-2-7(11-4-6)3-9(14)8-5-15-13-12-8/h1-2,4-5,9,14H,3H2. The molecule has 1 N–H and O–H groups in total. The molecule has 0 aromatic carbocycles. The summed E-state index contributed by atoms with van der Waals surface area (Å²) in [5.41, 5.74) is 1.43. The summed E-state index contributed by atoms with van der Waals surface area (Å²) < 4.78 is 4.63. The highest BCUT2D eigenvalue weighted by atomic mass is 79.9. The lowest BCUT2D eigenvalue weighted by molar-refractivity contribution is 0.172. The van der Waals surface area contributed by atoms with Crippen molar-refractivity contribution in [3.8, 4) is 0 Å². The number of hydrogen-bond donors (Lipinski definition) is 1. The van der Waals surface area contributed by atoms with E-state index in [2.05, 4.69) is 30.5 Å². The van der Waals surface area contributed by atoms with Gasteiger partial charge in [0.15, 0.2) is 0 Å². The number of pyridine rings is 1. The second-order valence-electron chi connectivity index (χ2n) is 3.02. The van der Waals surface area contributed by atoms with Gasteiger partial charge in [-0.1, -0.05) is 4.49 Å². The molecule has 2 aromatic heterocycles. The molecule has 0 bridgehead atoms. The van der Waals surface area contributed by atoms with Crippen LogP contribution < -0.4 is 0 Å². The van der Waals surface area contributed by atoms with Gasteiger partial charge in [-0.15, -0.1) is 5.10 Å². The first-order valence-corrected chi connectivity index (χ1v) is 5.94. The Morgan fingerprint density at radius 1 is 1.47 bits per heavy atom. The summed E-state index contributed by atoms with van der Waals surface area (Å²) >= 11 is 4.54. The topological polar surface area (TPSA) is 58.9 Å². The van der Waals surface area contributed by atoms with Crippen LogP contribution in [0.4, 0.5) is 0 Å². The van der Waals surface area contributed by atoms with E-state index >= 15 is 0 Å². The van der Waals surface area contributed by atoms with Gasteiger partial charge in [-0.05, 0) is 39.6 Å². The molecule has 1 atom stereocenters. The number of aliphatic hydroxyl groups excluding tert-OH is 1. The van der Waals surface area contributed by atoms with E-state index in [0.717, 1.165) is 10.2 Å². The van der Waals surface area contributed by atoms with E-state index < -0.39 is 6.10 Å². The third-order valence-electron chi connectivity index (χ3n) is 1.91. The Kier molecular flexibility index (Phi) is 3.40. The van der Waals surface area contributed by atoms with E-state index in [9.17, 15) is 5.11 Å². The van der Waals surface area contributed by atoms with Gasteiger partial charge in [0.05, 0.1) is 0 Å². The number of rotatable bonds is 3. The Bertz CT molecular complexity index is 417. The molecule has 0 aliphatic rings. The second-order valence-corrected chi connectivity index (χ2v) is 4.54. The van der Waals surface area contributed by atoms with Crippen molar-refractivity contribution in [1.82, 2.24) is 14.6 Å². The van der Waals surface area contributed by atoms with Crippen LogP contribution in [0.2, 0.25) is 0 Å². The van der Waals surface area contributed by atoms with Crippen LogP contribution >= 0.6 is 27.5 Å². The summed E-state index contributed by atoms with van der Waals surface area (Å²) in [5.74, 6) is 0. The molecule has 0 saturated heterocycles. The highest BCUT2D eigenvalue weighted by Crippen LogP contribution is 2.16. The van der Waals surface area contributed by atoms with E-state index in [0.29, 0.717) is 12.1 Å². The molecule has 0 aliphatic carbocycles. The Morgan fingerprint density at radius 2 is 2.33 bits per heavy atom. The van der Waals surface area contributed by atoms with Gasteiger partial charge in [0, 0.05) is 28.2 Å². The highest BCUT2D eigenvalue weighted by molar-refractivity contribution is 9.10. The zero-order valence-corrected chi connectivity index (χ0v) is 10.1. The van der Waals surface area contributed by atoms with Gasteiger partial charge in [0.25, 0.3) is 0 Å². The summed E-state index contributed by atoms with van der Waals surface area (Å²) in [6.07, 6.45) is 1.54. The van der Waals surface area contributed by atoms with Crippen molar-refractivity contribution >= 4 is 27.5 Å². The second kappa shape index (κ2) is 4.78. The van der Waals surface area contributed by atoms with Gasteiger partial charge >= 0.3 is 0 Å². The molecule has 78 valence electrons. The molecule has 15 heavy (non-hydrogen) atoms. The van der Waals surface area contributed by atoms with Gasteiger partial charge in [0.2, 0.25) is 0 Å². The summed E-state index contributed by atoms with van der Waals surface area (Å²) in [7, 11) is 0. The van der Waals surface area contributed by atoms with Crippen LogP contribution in [0.5, 0.6) is 0 Å². The average molecular weight is 286 g/mol. The minimum Gasteiger partial charge on any atom is -0.386 e. The summed E-state index contributed by atoms with van der Waals surface area (Å²) in [6.45, 7) is 0. The summed E-state index contributed by atoms with van der Waals surface area (Å²) in [6, 6.07) is 3.77. The van der Waals surface area contributed by atoms with Crippen molar-refractivity contribution in [2.24, 2.45) is 0 Å². The van der Waals surface area contributed by atoms with Gasteiger partial charge in [-0.2, -0.15) is 0 Å². The molecule has 0 amide bonds. The smallest absolute Gasteiger partial charge is 0.104 e. The molecule has 2 rings (SSSR count). The van der Waals surface area contributed by atoms with Crippen LogP contribution in [-0.2, 0) is 6.42 Å². The minimum atomic E-state index is -0.627. The monoisotopic (exact) mass is 285 g/mol.